The Morgan fingerprint density at radius 1 is 1.24 bits per heavy atom. The Hall–Kier alpha value is -0.910. The van der Waals surface area contributed by atoms with Crippen molar-refractivity contribution in [2.45, 2.75) is 6.61 Å². The molecule has 2 rings (SSSR count). The highest BCUT2D eigenvalue weighted by atomic mass is 79.9. The maximum atomic E-state index is 9.19. The maximum Gasteiger partial charge on any atom is 0.233 e. The number of ether oxygens (including phenoxy) is 1. The normalized spacial score (nSPS) is 10.3. The van der Waals surface area contributed by atoms with Crippen LogP contribution in [0.3, 0.4) is 0 Å². The third-order valence-corrected chi connectivity index (χ3v) is 3.13. The van der Waals surface area contributed by atoms with E-state index < -0.39 is 0 Å². The number of aliphatic hydroxyl groups excluding tert-OH is 1. The number of nitrogens with zero attached hydrogens (tertiary/aromatic N) is 1. The van der Waals surface area contributed by atoms with Gasteiger partial charge in [-0.05, 0) is 44.0 Å². The van der Waals surface area contributed by atoms with Crippen LogP contribution in [0.1, 0.15) is 5.56 Å². The molecule has 2 aromatic rings. The quantitative estimate of drug-likeness (QED) is 0.904. The van der Waals surface area contributed by atoms with Crippen LogP contribution in [0.15, 0.2) is 45.5 Å². The fourth-order valence-electron chi connectivity index (χ4n) is 1.32. The number of halogens is 2. The van der Waals surface area contributed by atoms with Crippen molar-refractivity contribution in [3.63, 3.8) is 0 Å². The summed E-state index contributed by atoms with van der Waals surface area (Å²) in [4.78, 5) is 4.15. The van der Waals surface area contributed by atoms with Gasteiger partial charge in [-0.2, -0.15) is 0 Å². The molecule has 0 unspecified atom stereocenters. The molecule has 0 fully saturated rings. The van der Waals surface area contributed by atoms with E-state index in [1.54, 1.807) is 12.3 Å². The van der Waals surface area contributed by atoms with Crippen molar-refractivity contribution in [3.05, 3.63) is 51.0 Å². The summed E-state index contributed by atoms with van der Waals surface area (Å²) in [7, 11) is 0. The van der Waals surface area contributed by atoms with E-state index in [0.717, 1.165) is 14.5 Å². The third-order valence-electron chi connectivity index (χ3n) is 2.12. The molecule has 0 bridgehead atoms. The molecule has 1 heterocycles. The summed E-state index contributed by atoms with van der Waals surface area (Å²) >= 11 is 6.69. The van der Waals surface area contributed by atoms with Gasteiger partial charge in [-0.25, -0.2) is 4.98 Å². The molecular formula is C12H9Br2NO2. The van der Waals surface area contributed by atoms with Gasteiger partial charge < -0.3 is 9.84 Å². The Morgan fingerprint density at radius 2 is 2.00 bits per heavy atom. The fraction of sp³-hybridized carbons (Fsp3) is 0.0833. The van der Waals surface area contributed by atoms with Gasteiger partial charge in [0.05, 0.1) is 11.1 Å². The van der Waals surface area contributed by atoms with Crippen molar-refractivity contribution in [1.29, 1.82) is 0 Å². The molecule has 1 N–H and O–H groups in total. The zero-order valence-electron chi connectivity index (χ0n) is 8.73. The van der Waals surface area contributed by atoms with Gasteiger partial charge in [0.2, 0.25) is 5.88 Å². The first-order valence-electron chi connectivity index (χ1n) is 4.88. The summed E-state index contributed by atoms with van der Waals surface area (Å²) in [6.07, 6.45) is 1.65. The van der Waals surface area contributed by atoms with E-state index in [4.69, 9.17) is 4.74 Å². The molecule has 1 aromatic carbocycles. The van der Waals surface area contributed by atoms with Gasteiger partial charge in [0.25, 0.3) is 0 Å². The zero-order chi connectivity index (χ0) is 12.3. The smallest absolute Gasteiger partial charge is 0.233 e. The van der Waals surface area contributed by atoms with E-state index in [2.05, 4.69) is 36.8 Å². The molecular weight excluding hydrogens is 350 g/mol. The predicted molar refractivity (Wildman–Crippen MR) is 72.1 cm³/mol. The van der Waals surface area contributed by atoms with Crippen molar-refractivity contribution in [2.24, 2.45) is 0 Å². The average Bonchev–Trinajstić information content (AvgIpc) is 2.33. The second-order valence-corrected chi connectivity index (χ2v) is 5.08. The Morgan fingerprint density at radius 3 is 2.71 bits per heavy atom. The third kappa shape index (κ3) is 3.06. The molecule has 0 aliphatic heterocycles. The molecule has 17 heavy (non-hydrogen) atoms. The van der Waals surface area contributed by atoms with E-state index >= 15 is 0 Å². The molecule has 0 spiro atoms. The molecule has 3 nitrogen and oxygen atoms in total. The van der Waals surface area contributed by atoms with E-state index in [1.807, 2.05) is 24.3 Å². The lowest BCUT2D eigenvalue weighted by molar-refractivity contribution is 0.276. The number of hydrogen-bond acceptors (Lipinski definition) is 3. The Kier molecular flexibility index (Phi) is 4.15. The molecule has 0 aliphatic rings. The lowest BCUT2D eigenvalue weighted by atomic mass is 10.2. The minimum atomic E-state index is -0.0652. The largest absolute Gasteiger partial charge is 0.438 e. The second-order valence-electron chi connectivity index (χ2n) is 3.31. The topological polar surface area (TPSA) is 42.4 Å². The number of pyridine rings is 1. The highest BCUT2D eigenvalue weighted by Crippen LogP contribution is 2.31. The van der Waals surface area contributed by atoms with Gasteiger partial charge >= 0.3 is 0 Å². The summed E-state index contributed by atoms with van der Waals surface area (Å²) in [5.74, 6) is 1.07. The minimum absolute atomic E-state index is 0.0652. The summed E-state index contributed by atoms with van der Waals surface area (Å²) in [5.41, 5.74) is 0.726. The first-order chi connectivity index (χ1) is 8.20. The summed E-state index contributed by atoms with van der Waals surface area (Å²) in [6.45, 7) is -0.0652. The van der Waals surface area contributed by atoms with Crippen molar-refractivity contribution in [2.75, 3.05) is 0 Å². The lowest BCUT2D eigenvalue weighted by Gasteiger charge is -2.09. The van der Waals surface area contributed by atoms with Gasteiger partial charge in [-0.3, -0.25) is 0 Å². The summed E-state index contributed by atoms with van der Waals surface area (Å²) < 4.78 is 7.26. The van der Waals surface area contributed by atoms with Gasteiger partial charge in [0, 0.05) is 16.2 Å². The van der Waals surface area contributed by atoms with Crippen LogP contribution in [-0.4, -0.2) is 10.1 Å². The van der Waals surface area contributed by atoms with Crippen LogP contribution in [0.25, 0.3) is 0 Å². The number of aromatic nitrogens is 1. The number of hydrogen-bond donors (Lipinski definition) is 1. The molecule has 0 atom stereocenters. The molecule has 0 radical (unpaired) electrons. The van der Waals surface area contributed by atoms with Gasteiger partial charge in [0.1, 0.15) is 5.75 Å². The van der Waals surface area contributed by atoms with E-state index in [1.165, 1.54) is 0 Å². The predicted octanol–water partition coefficient (Wildman–Crippen LogP) is 3.89. The molecule has 0 amide bonds. The van der Waals surface area contributed by atoms with Crippen LogP contribution in [0.4, 0.5) is 0 Å². The molecule has 1 aromatic heterocycles. The lowest BCUT2D eigenvalue weighted by Crippen LogP contribution is -1.93. The van der Waals surface area contributed by atoms with Gasteiger partial charge in [-0.15, -0.1) is 0 Å². The molecule has 0 saturated heterocycles. The first-order valence-corrected chi connectivity index (χ1v) is 6.47. The van der Waals surface area contributed by atoms with Crippen LogP contribution in [0.5, 0.6) is 11.6 Å². The van der Waals surface area contributed by atoms with Crippen molar-refractivity contribution in [3.8, 4) is 11.6 Å². The van der Waals surface area contributed by atoms with Crippen LogP contribution in [-0.2, 0) is 6.61 Å². The molecule has 0 aliphatic carbocycles. The summed E-state index contributed by atoms with van der Waals surface area (Å²) in [5, 5.41) is 9.19. The monoisotopic (exact) mass is 357 g/mol. The number of para-hydroxylation sites is 1. The van der Waals surface area contributed by atoms with E-state index in [9.17, 15) is 5.11 Å². The maximum absolute atomic E-state index is 9.19. The second kappa shape index (κ2) is 5.62. The SMILES string of the molecule is OCc1ccccc1Oc1ncc(Br)cc1Br. The van der Waals surface area contributed by atoms with Crippen LogP contribution >= 0.6 is 31.9 Å². The van der Waals surface area contributed by atoms with Crippen molar-refractivity contribution in [1.82, 2.24) is 4.98 Å². The number of rotatable bonds is 3. The Bertz CT molecular complexity index is 532. The Balaban J connectivity index is 2.31. The van der Waals surface area contributed by atoms with E-state index in [-0.39, 0.29) is 6.61 Å². The van der Waals surface area contributed by atoms with Crippen LogP contribution in [0, 0.1) is 0 Å². The highest BCUT2D eigenvalue weighted by Gasteiger charge is 2.07. The fourth-order valence-corrected chi connectivity index (χ4v) is 2.38. The highest BCUT2D eigenvalue weighted by molar-refractivity contribution is 9.11. The van der Waals surface area contributed by atoms with Crippen LogP contribution in [0.2, 0.25) is 0 Å². The van der Waals surface area contributed by atoms with E-state index in [0.29, 0.717) is 11.6 Å². The van der Waals surface area contributed by atoms with Gasteiger partial charge in [-0.1, -0.05) is 18.2 Å². The van der Waals surface area contributed by atoms with Crippen LogP contribution < -0.4 is 4.74 Å². The summed E-state index contributed by atoms with van der Waals surface area (Å²) in [6, 6.07) is 9.15. The first kappa shape index (κ1) is 12.5. The molecule has 0 saturated carbocycles. The van der Waals surface area contributed by atoms with Crippen molar-refractivity contribution >= 4 is 31.9 Å². The molecule has 5 heteroatoms. The van der Waals surface area contributed by atoms with Crippen molar-refractivity contribution < 1.29 is 9.84 Å². The Labute approximate surface area is 116 Å². The number of aliphatic hydroxyl groups is 1. The van der Waals surface area contributed by atoms with Gasteiger partial charge in [0.15, 0.2) is 0 Å². The minimum Gasteiger partial charge on any atom is -0.438 e. The standard InChI is InChI=1S/C12H9Br2NO2/c13-9-5-10(14)12(15-6-9)17-11-4-2-1-3-8(11)7-16/h1-6,16H,7H2. The molecule has 88 valence electrons. The zero-order valence-corrected chi connectivity index (χ0v) is 11.9. The average molecular weight is 359 g/mol. The number of benzene rings is 1.